The van der Waals surface area contributed by atoms with Gasteiger partial charge in [-0.3, -0.25) is 20.0 Å². The Morgan fingerprint density at radius 3 is 2.52 bits per heavy atom. The molecule has 0 spiro atoms. The fourth-order valence-electron chi connectivity index (χ4n) is 4.45. The third-order valence-electron chi connectivity index (χ3n) is 6.51. The van der Waals surface area contributed by atoms with Crippen molar-refractivity contribution < 1.29 is 14.6 Å². The molecule has 0 bridgehead atoms. The Morgan fingerprint density at radius 2 is 1.95 bits per heavy atom. The van der Waals surface area contributed by atoms with Gasteiger partial charge in [0.25, 0.3) is 5.91 Å². The van der Waals surface area contributed by atoms with Crippen molar-refractivity contribution in [2.24, 2.45) is 11.7 Å². The molecule has 10 nitrogen and oxygen atoms in total. The van der Waals surface area contributed by atoms with Gasteiger partial charge in [0.15, 0.2) is 5.65 Å². The maximum Gasteiger partial charge on any atom is 0.268 e. The molecular weight excluding hydrogens is 526 g/mol. The van der Waals surface area contributed by atoms with E-state index in [0.29, 0.717) is 29.1 Å². The standard InChI is InChI=1S/C23H21N7O2S.C6H14O/c24-20(31)19-18(15-7-11-33-13-15)28-23-16(4-3-10-30(19)23)22(26)32-21(25)14-5-6-17(27-12-14)29-8-1-2-9-29;1-6(2)4-3-5-7/h3-7,10-13,25-26H,1-2,8-9H2,(H2,24,31);6-7H,3-5H2,1-2H3. The van der Waals surface area contributed by atoms with E-state index in [1.54, 1.807) is 35.0 Å². The van der Waals surface area contributed by atoms with E-state index in [4.69, 9.17) is 26.4 Å². The van der Waals surface area contributed by atoms with E-state index in [2.05, 4.69) is 28.7 Å². The van der Waals surface area contributed by atoms with Crippen LogP contribution in [0.1, 0.15) is 61.1 Å². The number of thiophene rings is 1. The topological polar surface area (TPSA) is 154 Å². The number of imidazole rings is 1. The van der Waals surface area contributed by atoms with Gasteiger partial charge in [0.05, 0.1) is 11.1 Å². The number of carbonyl (C=O) groups is 1. The number of aliphatic hydroxyl groups excluding tert-OH is 1. The zero-order valence-electron chi connectivity index (χ0n) is 22.8. The minimum absolute atomic E-state index is 0.192. The van der Waals surface area contributed by atoms with E-state index in [1.807, 2.05) is 22.9 Å². The number of aromatic nitrogens is 3. The summed E-state index contributed by atoms with van der Waals surface area (Å²) in [6.07, 6.45) is 7.67. The van der Waals surface area contributed by atoms with Gasteiger partial charge >= 0.3 is 0 Å². The van der Waals surface area contributed by atoms with Crippen molar-refractivity contribution in [3.63, 3.8) is 0 Å². The lowest BCUT2D eigenvalue weighted by Gasteiger charge is -2.16. The number of carbonyl (C=O) groups excluding carboxylic acids is 1. The molecule has 4 aromatic heterocycles. The van der Waals surface area contributed by atoms with Crippen molar-refractivity contribution in [1.82, 2.24) is 14.4 Å². The Morgan fingerprint density at radius 1 is 1.18 bits per heavy atom. The first-order valence-corrected chi connectivity index (χ1v) is 14.3. The molecule has 1 amide bonds. The third-order valence-corrected chi connectivity index (χ3v) is 7.19. The van der Waals surface area contributed by atoms with Crippen LogP contribution in [0.3, 0.4) is 0 Å². The van der Waals surface area contributed by atoms with Crippen LogP contribution in [0, 0.1) is 16.7 Å². The van der Waals surface area contributed by atoms with Crippen LogP contribution in [0.2, 0.25) is 0 Å². The van der Waals surface area contributed by atoms with Gasteiger partial charge in [-0.1, -0.05) is 13.8 Å². The fraction of sp³-hybridized carbons (Fsp3) is 0.345. The maximum absolute atomic E-state index is 12.2. The molecule has 1 aliphatic rings. The monoisotopic (exact) mass is 561 g/mol. The van der Waals surface area contributed by atoms with Gasteiger partial charge in [-0.15, -0.1) is 0 Å². The van der Waals surface area contributed by atoms with Gasteiger partial charge in [-0.2, -0.15) is 11.3 Å². The molecule has 0 aliphatic carbocycles. The fourth-order valence-corrected chi connectivity index (χ4v) is 5.09. The number of hydrogen-bond donors (Lipinski definition) is 4. The summed E-state index contributed by atoms with van der Waals surface area (Å²) < 4.78 is 7.10. The number of primary amides is 1. The Kier molecular flexibility index (Phi) is 9.62. The Hall–Kier alpha value is -4.09. The lowest BCUT2D eigenvalue weighted by molar-refractivity contribution is 0.0995. The minimum atomic E-state index is -0.620. The number of rotatable bonds is 8. The van der Waals surface area contributed by atoms with Crippen LogP contribution in [0.25, 0.3) is 16.9 Å². The van der Waals surface area contributed by atoms with Crippen molar-refractivity contribution in [3.8, 4) is 11.3 Å². The molecule has 5 N–H and O–H groups in total. The number of nitrogens with two attached hydrogens (primary N) is 1. The van der Waals surface area contributed by atoms with Crippen LogP contribution in [-0.2, 0) is 4.74 Å². The van der Waals surface area contributed by atoms with Gasteiger partial charge in [0, 0.05) is 43.0 Å². The summed E-state index contributed by atoms with van der Waals surface area (Å²) in [6, 6.07) is 8.83. The number of ether oxygens (including phenoxy) is 1. The summed E-state index contributed by atoms with van der Waals surface area (Å²) >= 11 is 1.48. The summed E-state index contributed by atoms with van der Waals surface area (Å²) in [5.74, 6) is 0.549. The molecule has 0 radical (unpaired) electrons. The van der Waals surface area contributed by atoms with E-state index < -0.39 is 5.91 Å². The first-order valence-electron chi connectivity index (χ1n) is 13.3. The van der Waals surface area contributed by atoms with Gasteiger partial charge in [-0.05, 0) is 67.3 Å². The van der Waals surface area contributed by atoms with Crippen molar-refractivity contribution in [3.05, 3.63) is 70.3 Å². The second-order valence-corrected chi connectivity index (χ2v) is 10.7. The molecule has 1 saturated heterocycles. The van der Waals surface area contributed by atoms with E-state index >= 15 is 0 Å². The number of anilines is 1. The van der Waals surface area contributed by atoms with Crippen molar-refractivity contribution in [2.45, 2.75) is 39.5 Å². The highest BCUT2D eigenvalue weighted by atomic mass is 32.1. The molecule has 11 heteroatoms. The number of amides is 1. The van der Waals surface area contributed by atoms with Gasteiger partial charge in [-0.25, -0.2) is 9.97 Å². The second kappa shape index (κ2) is 13.3. The second-order valence-electron chi connectivity index (χ2n) is 9.92. The molecule has 0 aromatic carbocycles. The van der Waals surface area contributed by atoms with Gasteiger partial charge in [0.2, 0.25) is 11.8 Å². The highest BCUT2D eigenvalue weighted by molar-refractivity contribution is 7.08. The number of aliphatic hydroxyl groups is 1. The molecule has 0 atom stereocenters. The van der Waals surface area contributed by atoms with Crippen LogP contribution in [0.5, 0.6) is 0 Å². The SMILES string of the molecule is CC(C)CCCO.N=C(OC(=N)c1cccn2c(C(N)=O)c(-c3ccsc3)nc12)c1ccc(N2CCCC2)nc1. The van der Waals surface area contributed by atoms with Crippen LogP contribution >= 0.6 is 11.3 Å². The number of pyridine rings is 2. The molecule has 1 aliphatic heterocycles. The number of hydrogen-bond acceptors (Lipinski definition) is 9. The molecular formula is C29H35N7O3S. The van der Waals surface area contributed by atoms with E-state index in [9.17, 15) is 4.79 Å². The van der Waals surface area contributed by atoms with E-state index in [0.717, 1.165) is 56.1 Å². The van der Waals surface area contributed by atoms with Gasteiger partial charge in [0.1, 0.15) is 17.2 Å². The van der Waals surface area contributed by atoms with Crippen LogP contribution < -0.4 is 10.6 Å². The van der Waals surface area contributed by atoms with Crippen molar-refractivity contribution in [1.29, 1.82) is 10.8 Å². The summed E-state index contributed by atoms with van der Waals surface area (Å²) in [6.45, 7) is 6.64. The summed E-state index contributed by atoms with van der Waals surface area (Å²) in [7, 11) is 0. The Bertz CT molecular complexity index is 1460. The molecule has 5 heterocycles. The normalized spacial score (nSPS) is 12.8. The molecule has 4 aromatic rings. The average molecular weight is 562 g/mol. The Balaban J connectivity index is 0.000000470. The van der Waals surface area contributed by atoms with Crippen LogP contribution in [0.15, 0.2) is 53.5 Å². The smallest absolute Gasteiger partial charge is 0.268 e. The zero-order chi connectivity index (χ0) is 28.6. The van der Waals surface area contributed by atoms with Gasteiger partial charge < -0.3 is 20.5 Å². The molecule has 210 valence electrons. The molecule has 0 unspecified atom stereocenters. The number of nitrogens with zero attached hydrogens (tertiary/aromatic N) is 4. The third kappa shape index (κ3) is 6.72. The highest BCUT2D eigenvalue weighted by Crippen LogP contribution is 2.28. The lowest BCUT2D eigenvalue weighted by atomic mass is 10.1. The first-order chi connectivity index (χ1) is 19.3. The summed E-state index contributed by atoms with van der Waals surface area (Å²) in [4.78, 5) is 23.4. The van der Waals surface area contributed by atoms with Crippen molar-refractivity contribution >= 4 is 40.5 Å². The van der Waals surface area contributed by atoms with Crippen LogP contribution in [0.4, 0.5) is 5.82 Å². The highest BCUT2D eigenvalue weighted by Gasteiger charge is 2.23. The predicted molar refractivity (Wildman–Crippen MR) is 159 cm³/mol. The summed E-state index contributed by atoms with van der Waals surface area (Å²) in [5, 5.41) is 28.9. The average Bonchev–Trinajstić information content (AvgIpc) is 3.72. The molecule has 1 fully saturated rings. The lowest BCUT2D eigenvalue weighted by Crippen LogP contribution is -2.19. The Labute approximate surface area is 237 Å². The quantitative estimate of drug-likeness (QED) is 0.177. The minimum Gasteiger partial charge on any atom is -0.420 e. The molecule has 5 rings (SSSR count). The number of fused-ring (bicyclic) bond motifs is 1. The predicted octanol–water partition coefficient (Wildman–Crippen LogP) is 4.94. The van der Waals surface area contributed by atoms with Crippen LogP contribution in [-0.4, -0.2) is 56.9 Å². The first kappa shape index (κ1) is 28.9. The largest absolute Gasteiger partial charge is 0.420 e. The summed E-state index contributed by atoms with van der Waals surface area (Å²) in [5.41, 5.74) is 8.26. The van der Waals surface area contributed by atoms with Crippen molar-refractivity contribution in [2.75, 3.05) is 24.6 Å². The number of nitrogens with one attached hydrogen (secondary N) is 2. The molecule has 0 saturated carbocycles. The molecule has 40 heavy (non-hydrogen) atoms. The van der Waals surface area contributed by atoms with E-state index in [1.165, 1.54) is 11.3 Å². The maximum atomic E-state index is 12.2. The zero-order valence-corrected chi connectivity index (χ0v) is 23.6. The van der Waals surface area contributed by atoms with E-state index in [-0.39, 0.29) is 17.5 Å².